The molecule has 2 saturated carbocycles. The average molecular weight is 418 g/mol. The van der Waals surface area contributed by atoms with Gasteiger partial charge in [-0.3, -0.25) is 4.90 Å². The third-order valence-electron chi connectivity index (χ3n) is 6.97. The van der Waals surface area contributed by atoms with Crippen molar-refractivity contribution in [2.24, 2.45) is 23.7 Å². The molecule has 0 aromatic heterocycles. The summed E-state index contributed by atoms with van der Waals surface area (Å²) in [6.07, 6.45) is 9.08. The molecule has 30 heavy (non-hydrogen) atoms. The molecule has 3 fully saturated rings. The number of hydrogen-bond donors (Lipinski definition) is 2. The van der Waals surface area contributed by atoms with Crippen LogP contribution in [0.25, 0.3) is 0 Å². The van der Waals surface area contributed by atoms with Crippen LogP contribution in [0, 0.1) is 35.5 Å². The molecule has 0 unspecified atom stereocenters. The normalized spacial score (nSPS) is 32.9. The highest BCUT2D eigenvalue weighted by Gasteiger charge is 2.45. The van der Waals surface area contributed by atoms with E-state index < -0.39 is 6.10 Å². The van der Waals surface area contributed by atoms with E-state index >= 15 is 0 Å². The fourth-order valence-corrected chi connectivity index (χ4v) is 5.03. The zero-order chi connectivity index (χ0) is 21.3. The van der Waals surface area contributed by atoms with Gasteiger partial charge in [0.2, 0.25) is 0 Å². The number of morpholine rings is 1. The standard InChI is InChI=1S/C25H39NO4/c1-3-4-5-19(2)24(27)7-6-22-23-17-20(16-21(23)18-25(22)28)8-12-29-13-9-26-10-14-30-15-11-26/h6-8,19,21-25,27-28H,5,9-18H2,1-2H3/b7-6+,20-8?/t19-,21-,22+,23-,24-,25+/m0/s1. The molecule has 3 rings (SSSR count). The van der Waals surface area contributed by atoms with E-state index in [0.29, 0.717) is 24.9 Å². The summed E-state index contributed by atoms with van der Waals surface area (Å²) in [5.74, 6) is 7.20. The Labute approximate surface area is 182 Å². The highest BCUT2D eigenvalue weighted by atomic mass is 16.5. The molecule has 168 valence electrons. The maximum Gasteiger partial charge on any atom is 0.0755 e. The summed E-state index contributed by atoms with van der Waals surface area (Å²) >= 11 is 0. The van der Waals surface area contributed by atoms with Crippen LogP contribution in [0.4, 0.5) is 0 Å². The molecule has 3 aliphatic rings. The van der Waals surface area contributed by atoms with Gasteiger partial charge in [0.15, 0.2) is 0 Å². The lowest BCUT2D eigenvalue weighted by molar-refractivity contribution is 0.0233. The first-order valence-corrected chi connectivity index (χ1v) is 11.6. The molecular formula is C25H39NO4. The predicted octanol–water partition coefficient (Wildman–Crippen LogP) is 2.64. The lowest BCUT2D eigenvalue weighted by atomic mass is 9.89. The second kappa shape index (κ2) is 12.0. The molecule has 0 radical (unpaired) electrons. The van der Waals surface area contributed by atoms with Crippen molar-refractivity contribution in [3.05, 3.63) is 23.8 Å². The van der Waals surface area contributed by atoms with E-state index in [4.69, 9.17) is 9.47 Å². The van der Waals surface area contributed by atoms with Crippen LogP contribution in [0.5, 0.6) is 0 Å². The molecule has 6 atom stereocenters. The van der Waals surface area contributed by atoms with Crippen LogP contribution in [0.2, 0.25) is 0 Å². The van der Waals surface area contributed by atoms with Crippen LogP contribution >= 0.6 is 0 Å². The number of aliphatic hydroxyl groups excluding tert-OH is 2. The monoisotopic (exact) mass is 417 g/mol. The average Bonchev–Trinajstić information content (AvgIpc) is 3.27. The van der Waals surface area contributed by atoms with Crippen molar-refractivity contribution in [1.82, 2.24) is 4.90 Å². The quantitative estimate of drug-likeness (QED) is 0.343. The van der Waals surface area contributed by atoms with Gasteiger partial charge < -0.3 is 19.7 Å². The molecule has 1 saturated heterocycles. The highest BCUT2D eigenvalue weighted by Crippen LogP contribution is 2.50. The van der Waals surface area contributed by atoms with E-state index in [2.05, 4.69) is 28.9 Å². The molecule has 5 nitrogen and oxygen atoms in total. The number of allylic oxidation sites excluding steroid dienone is 1. The molecule has 2 N–H and O–H groups in total. The second-order valence-electron chi connectivity index (χ2n) is 9.09. The van der Waals surface area contributed by atoms with Gasteiger partial charge in [-0.2, -0.15) is 0 Å². The molecule has 0 aromatic carbocycles. The van der Waals surface area contributed by atoms with Crippen LogP contribution in [-0.2, 0) is 9.47 Å². The van der Waals surface area contributed by atoms with E-state index in [9.17, 15) is 10.2 Å². The lowest BCUT2D eigenvalue weighted by Gasteiger charge is -2.26. The maximum atomic E-state index is 10.5. The second-order valence-corrected chi connectivity index (χ2v) is 9.09. The number of nitrogens with zero attached hydrogens (tertiary/aromatic N) is 1. The zero-order valence-corrected chi connectivity index (χ0v) is 18.6. The van der Waals surface area contributed by atoms with Gasteiger partial charge >= 0.3 is 0 Å². The summed E-state index contributed by atoms with van der Waals surface area (Å²) in [7, 11) is 0. The van der Waals surface area contributed by atoms with Crippen LogP contribution < -0.4 is 0 Å². The van der Waals surface area contributed by atoms with Crippen molar-refractivity contribution >= 4 is 0 Å². The van der Waals surface area contributed by atoms with Crippen molar-refractivity contribution in [3.8, 4) is 11.8 Å². The van der Waals surface area contributed by atoms with E-state index in [0.717, 1.165) is 58.7 Å². The third kappa shape index (κ3) is 6.67. The first-order valence-electron chi connectivity index (χ1n) is 11.6. The predicted molar refractivity (Wildman–Crippen MR) is 119 cm³/mol. The summed E-state index contributed by atoms with van der Waals surface area (Å²) in [4.78, 5) is 2.39. The van der Waals surface area contributed by atoms with Crippen molar-refractivity contribution in [2.75, 3.05) is 46.1 Å². The van der Waals surface area contributed by atoms with Gasteiger partial charge in [-0.05, 0) is 43.9 Å². The van der Waals surface area contributed by atoms with Crippen molar-refractivity contribution in [1.29, 1.82) is 0 Å². The molecule has 2 aliphatic carbocycles. The van der Waals surface area contributed by atoms with E-state index in [1.807, 2.05) is 19.9 Å². The Morgan fingerprint density at radius 2 is 2.10 bits per heavy atom. The molecule has 5 heteroatoms. The summed E-state index contributed by atoms with van der Waals surface area (Å²) in [6.45, 7) is 9.92. The summed E-state index contributed by atoms with van der Waals surface area (Å²) in [5.41, 5.74) is 1.47. The maximum absolute atomic E-state index is 10.5. The fraction of sp³-hybridized carbons (Fsp3) is 0.760. The number of ether oxygens (including phenoxy) is 2. The van der Waals surface area contributed by atoms with E-state index in [1.165, 1.54) is 5.57 Å². The van der Waals surface area contributed by atoms with Crippen LogP contribution in [0.3, 0.4) is 0 Å². The van der Waals surface area contributed by atoms with Gasteiger partial charge in [-0.1, -0.05) is 30.7 Å². The molecule has 1 aliphatic heterocycles. The smallest absolute Gasteiger partial charge is 0.0755 e. The first-order chi connectivity index (χ1) is 14.6. The Bertz CT molecular complexity index is 643. The first kappa shape index (κ1) is 23.5. The SMILES string of the molecule is CC#CC[C@H](C)[C@@H](O)/C=C/[C@@H]1[C@H]2CC(=CCOCCN3CCOCC3)C[C@H]2C[C@H]1O. The van der Waals surface area contributed by atoms with Crippen LogP contribution in [0.1, 0.15) is 39.5 Å². The molecule has 0 amide bonds. The number of fused-ring (bicyclic) bond motifs is 1. The van der Waals surface area contributed by atoms with Gasteiger partial charge in [-0.25, -0.2) is 0 Å². The molecule has 0 bridgehead atoms. The minimum atomic E-state index is -0.506. The molecular weight excluding hydrogens is 378 g/mol. The van der Waals surface area contributed by atoms with Gasteiger partial charge in [0.1, 0.15) is 0 Å². The van der Waals surface area contributed by atoms with Crippen molar-refractivity contribution in [2.45, 2.75) is 51.7 Å². The minimum absolute atomic E-state index is 0.108. The summed E-state index contributed by atoms with van der Waals surface area (Å²) < 4.78 is 11.2. The largest absolute Gasteiger partial charge is 0.392 e. The fourth-order valence-electron chi connectivity index (χ4n) is 5.03. The Kier molecular flexibility index (Phi) is 9.42. The van der Waals surface area contributed by atoms with Crippen LogP contribution in [0.15, 0.2) is 23.8 Å². The minimum Gasteiger partial charge on any atom is -0.392 e. The molecule has 0 spiro atoms. The third-order valence-corrected chi connectivity index (χ3v) is 6.97. The summed E-state index contributed by atoms with van der Waals surface area (Å²) in [6, 6.07) is 0. The topological polar surface area (TPSA) is 62.2 Å². The zero-order valence-electron chi connectivity index (χ0n) is 18.6. The van der Waals surface area contributed by atoms with Gasteiger partial charge in [0.25, 0.3) is 0 Å². The van der Waals surface area contributed by atoms with Crippen LogP contribution in [-0.4, -0.2) is 73.4 Å². The van der Waals surface area contributed by atoms with Crippen molar-refractivity contribution in [3.63, 3.8) is 0 Å². The number of hydrogen-bond acceptors (Lipinski definition) is 5. The van der Waals surface area contributed by atoms with E-state index in [-0.39, 0.29) is 17.9 Å². The highest BCUT2D eigenvalue weighted by molar-refractivity contribution is 5.18. The van der Waals surface area contributed by atoms with Gasteiger partial charge in [-0.15, -0.1) is 11.8 Å². The number of aliphatic hydroxyl groups is 2. The van der Waals surface area contributed by atoms with Gasteiger partial charge in [0, 0.05) is 32.0 Å². The van der Waals surface area contributed by atoms with Crippen molar-refractivity contribution < 1.29 is 19.7 Å². The lowest BCUT2D eigenvalue weighted by Crippen LogP contribution is -2.38. The number of rotatable bonds is 9. The molecule has 0 aromatic rings. The van der Waals surface area contributed by atoms with E-state index in [1.54, 1.807) is 0 Å². The Balaban J connectivity index is 1.42. The Morgan fingerprint density at radius 1 is 1.30 bits per heavy atom. The molecule has 1 heterocycles. The summed E-state index contributed by atoms with van der Waals surface area (Å²) in [5, 5.41) is 20.9. The van der Waals surface area contributed by atoms with Gasteiger partial charge in [0.05, 0.1) is 38.6 Å². The Hall–Kier alpha value is -1.16. The Morgan fingerprint density at radius 3 is 2.87 bits per heavy atom.